The molecular weight excluding hydrogens is 270 g/mol. The smallest absolute Gasteiger partial charge is 0.164 e. The van der Waals surface area contributed by atoms with E-state index in [2.05, 4.69) is 0 Å². The van der Waals surface area contributed by atoms with Crippen molar-refractivity contribution in [1.29, 1.82) is 0 Å². The van der Waals surface area contributed by atoms with Crippen LogP contribution in [0.4, 0.5) is 0 Å². The Labute approximate surface area is 126 Å². The minimum atomic E-state index is -0.0807. The largest absolute Gasteiger partial charge is 0.496 e. The highest BCUT2D eigenvalue weighted by Crippen LogP contribution is 2.39. The van der Waals surface area contributed by atoms with E-state index in [-0.39, 0.29) is 6.04 Å². The van der Waals surface area contributed by atoms with E-state index in [1.807, 2.05) is 12.1 Å². The molecule has 1 saturated heterocycles. The summed E-state index contributed by atoms with van der Waals surface area (Å²) in [6.07, 6.45) is 3.07. The Morgan fingerprint density at radius 2 is 1.62 bits per heavy atom. The average Bonchev–Trinajstić information content (AvgIpc) is 2.54. The predicted octanol–water partition coefficient (Wildman–Crippen LogP) is 2.53. The van der Waals surface area contributed by atoms with E-state index < -0.39 is 0 Å². The first-order chi connectivity index (χ1) is 10.2. The highest BCUT2D eigenvalue weighted by atomic mass is 16.5. The first kappa shape index (κ1) is 15.9. The standard InChI is InChI=1S/C16H25NO4/c1-18-14-10-16(20-3)15(19-2)9-12(14)13(17)8-11-4-6-21-7-5-11/h9-11,13H,4-8,17H2,1-3H3. The number of hydrogen-bond acceptors (Lipinski definition) is 5. The lowest BCUT2D eigenvalue weighted by Gasteiger charge is -2.26. The van der Waals surface area contributed by atoms with E-state index in [0.29, 0.717) is 17.4 Å². The molecule has 1 aromatic rings. The second kappa shape index (κ2) is 7.52. The van der Waals surface area contributed by atoms with Gasteiger partial charge in [0.2, 0.25) is 0 Å². The van der Waals surface area contributed by atoms with Crippen molar-refractivity contribution in [3.63, 3.8) is 0 Å². The monoisotopic (exact) mass is 295 g/mol. The number of benzene rings is 1. The molecule has 1 fully saturated rings. The summed E-state index contributed by atoms with van der Waals surface area (Å²) in [6, 6.07) is 3.67. The zero-order valence-electron chi connectivity index (χ0n) is 13.1. The van der Waals surface area contributed by atoms with Crippen molar-refractivity contribution in [1.82, 2.24) is 0 Å². The molecule has 1 aliphatic heterocycles. The van der Waals surface area contributed by atoms with Crippen molar-refractivity contribution in [3.8, 4) is 17.2 Å². The molecule has 0 spiro atoms. The van der Waals surface area contributed by atoms with Crippen molar-refractivity contribution in [2.75, 3.05) is 34.5 Å². The van der Waals surface area contributed by atoms with Crippen LogP contribution >= 0.6 is 0 Å². The molecule has 118 valence electrons. The number of rotatable bonds is 6. The molecule has 0 aromatic heterocycles. The van der Waals surface area contributed by atoms with Gasteiger partial charge in [-0.25, -0.2) is 0 Å². The molecule has 1 atom stereocenters. The molecule has 0 bridgehead atoms. The molecule has 2 rings (SSSR count). The van der Waals surface area contributed by atoms with Crippen molar-refractivity contribution >= 4 is 0 Å². The molecule has 1 aliphatic rings. The van der Waals surface area contributed by atoms with Gasteiger partial charge in [0.1, 0.15) is 5.75 Å². The van der Waals surface area contributed by atoms with Gasteiger partial charge in [0.15, 0.2) is 11.5 Å². The van der Waals surface area contributed by atoms with Crippen molar-refractivity contribution in [3.05, 3.63) is 17.7 Å². The second-order valence-electron chi connectivity index (χ2n) is 5.35. The van der Waals surface area contributed by atoms with Crippen LogP contribution in [0.25, 0.3) is 0 Å². The van der Waals surface area contributed by atoms with Gasteiger partial charge >= 0.3 is 0 Å². The Hall–Kier alpha value is -1.46. The Morgan fingerprint density at radius 3 is 2.19 bits per heavy atom. The minimum Gasteiger partial charge on any atom is -0.496 e. The van der Waals surface area contributed by atoms with E-state index >= 15 is 0 Å². The maximum Gasteiger partial charge on any atom is 0.164 e. The Bertz CT molecular complexity index is 458. The summed E-state index contributed by atoms with van der Waals surface area (Å²) in [6.45, 7) is 1.67. The Morgan fingerprint density at radius 1 is 1.05 bits per heavy atom. The van der Waals surface area contributed by atoms with Crippen LogP contribution in [0.5, 0.6) is 17.2 Å². The average molecular weight is 295 g/mol. The van der Waals surface area contributed by atoms with Gasteiger partial charge < -0.3 is 24.7 Å². The van der Waals surface area contributed by atoms with Crippen LogP contribution in [0.1, 0.15) is 30.9 Å². The molecule has 0 amide bonds. The quantitative estimate of drug-likeness (QED) is 0.873. The predicted molar refractivity (Wildman–Crippen MR) is 81.2 cm³/mol. The second-order valence-corrected chi connectivity index (χ2v) is 5.35. The lowest BCUT2D eigenvalue weighted by atomic mass is 9.89. The molecule has 0 aliphatic carbocycles. The third kappa shape index (κ3) is 3.80. The maximum atomic E-state index is 6.40. The number of nitrogens with two attached hydrogens (primary N) is 1. The van der Waals surface area contributed by atoms with E-state index in [1.54, 1.807) is 21.3 Å². The summed E-state index contributed by atoms with van der Waals surface area (Å²) < 4.78 is 21.5. The van der Waals surface area contributed by atoms with E-state index in [1.165, 1.54) is 0 Å². The molecule has 5 heteroatoms. The van der Waals surface area contributed by atoms with Gasteiger partial charge in [-0.3, -0.25) is 0 Å². The van der Waals surface area contributed by atoms with Gasteiger partial charge in [-0.15, -0.1) is 0 Å². The maximum absolute atomic E-state index is 6.40. The van der Waals surface area contributed by atoms with E-state index in [4.69, 9.17) is 24.7 Å². The lowest BCUT2D eigenvalue weighted by Crippen LogP contribution is -2.22. The Balaban J connectivity index is 2.19. The summed E-state index contributed by atoms with van der Waals surface area (Å²) in [5, 5.41) is 0. The molecule has 1 heterocycles. The van der Waals surface area contributed by atoms with Gasteiger partial charge in [0, 0.05) is 30.9 Å². The van der Waals surface area contributed by atoms with Crippen LogP contribution in [-0.2, 0) is 4.74 Å². The first-order valence-electron chi connectivity index (χ1n) is 7.32. The fourth-order valence-electron chi connectivity index (χ4n) is 2.81. The van der Waals surface area contributed by atoms with Crippen LogP contribution in [0.15, 0.2) is 12.1 Å². The minimum absolute atomic E-state index is 0.0807. The van der Waals surface area contributed by atoms with Crippen LogP contribution in [0.3, 0.4) is 0 Å². The van der Waals surface area contributed by atoms with Gasteiger partial charge in [0.25, 0.3) is 0 Å². The zero-order chi connectivity index (χ0) is 15.2. The van der Waals surface area contributed by atoms with Crippen molar-refractivity contribution in [2.24, 2.45) is 11.7 Å². The highest BCUT2D eigenvalue weighted by Gasteiger charge is 2.22. The fourth-order valence-corrected chi connectivity index (χ4v) is 2.81. The zero-order valence-corrected chi connectivity index (χ0v) is 13.1. The van der Waals surface area contributed by atoms with Gasteiger partial charge in [-0.05, 0) is 31.2 Å². The topological polar surface area (TPSA) is 62.9 Å². The van der Waals surface area contributed by atoms with Crippen LogP contribution in [0, 0.1) is 5.92 Å². The molecular formula is C16H25NO4. The number of ether oxygens (including phenoxy) is 4. The summed E-state index contributed by atoms with van der Waals surface area (Å²) in [4.78, 5) is 0. The molecule has 5 nitrogen and oxygen atoms in total. The van der Waals surface area contributed by atoms with Gasteiger partial charge in [-0.2, -0.15) is 0 Å². The highest BCUT2D eigenvalue weighted by molar-refractivity contribution is 5.51. The number of hydrogen-bond donors (Lipinski definition) is 1. The molecule has 0 radical (unpaired) electrons. The van der Waals surface area contributed by atoms with Crippen LogP contribution in [-0.4, -0.2) is 34.5 Å². The third-order valence-electron chi connectivity index (χ3n) is 4.06. The van der Waals surface area contributed by atoms with Crippen molar-refractivity contribution in [2.45, 2.75) is 25.3 Å². The first-order valence-corrected chi connectivity index (χ1v) is 7.32. The molecule has 0 saturated carbocycles. The fraction of sp³-hybridized carbons (Fsp3) is 0.625. The van der Waals surface area contributed by atoms with Gasteiger partial charge in [-0.1, -0.05) is 0 Å². The summed E-state index contributed by atoms with van der Waals surface area (Å²) >= 11 is 0. The molecule has 1 aromatic carbocycles. The summed E-state index contributed by atoms with van der Waals surface area (Å²) in [7, 11) is 4.88. The summed E-state index contributed by atoms with van der Waals surface area (Å²) in [5.41, 5.74) is 7.36. The third-order valence-corrected chi connectivity index (χ3v) is 4.06. The summed E-state index contributed by atoms with van der Waals surface area (Å²) in [5.74, 6) is 2.67. The molecule has 2 N–H and O–H groups in total. The Kier molecular flexibility index (Phi) is 5.70. The van der Waals surface area contributed by atoms with Gasteiger partial charge in [0.05, 0.1) is 21.3 Å². The normalized spacial score (nSPS) is 17.3. The van der Waals surface area contributed by atoms with E-state index in [9.17, 15) is 0 Å². The van der Waals surface area contributed by atoms with Crippen molar-refractivity contribution < 1.29 is 18.9 Å². The van der Waals surface area contributed by atoms with Crippen LogP contribution < -0.4 is 19.9 Å². The molecule has 21 heavy (non-hydrogen) atoms. The van der Waals surface area contributed by atoms with Crippen LogP contribution in [0.2, 0.25) is 0 Å². The van der Waals surface area contributed by atoms with E-state index in [0.717, 1.165) is 43.8 Å². The number of methoxy groups -OCH3 is 3. The SMILES string of the molecule is COc1cc(OC)c(C(N)CC2CCOCC2)cc1OC. The lowest BCUT2D eigenvalue weighted by molar-refractivity contribution is 0.0617. The molecule has 1 unspecified atom stereocenters.